The van der Waals surface area contributed by atoms with Gasteiger partial charge >= 0.3 is 0 Å². The van der Waals surface area contributed by atoms with Crippen LogP contribution in [0.1, 0.15) is 37.6 Å². The maximum absolute atomic E-state index is 6.03. The van der Waals surface area contributed by atoms with E-state index in [9.17, 15) is 0 Å². The van der Waals surface area contributed by atoms with Gasteiger partial charge in [0, 0.05) is 24.7 Å². The van der Waals surface area contributed by atoms with Gasteiger partial charge in [0.25, 0.3) is 0 Å². The lowest BCUT2D eigenvalue weighted by Crippen LogP contribution is -2.48. The van der Waals surface area contributed by atoms with Crippen LogP contribution in [0.3, 0.4) is 0 Å². The van der Waals surface area contributed by atoms with Crippen LogP contribution in [0.4, 0.5) is 0 Å². The number of piperidine rings is 1. The Kier molecular flexibility index (Phi) is 5.43. The largest absolute Gasteiger partial charge is 0.361 e. The number of rotatable bonds is 3. The molecule has 1 fully saturated rings. The van der Waals surface area contributed by atoms with Gasteiger partial charge in [0.2, 0.25) is 0 Å². The Morgan fingerprint density at radius 2 is 2.35 bits per heavy atom. The van der Waals surface area contributed by atoms with Crippen molar-refractivity contribution < 1.29 is 4.52 Å². The van der Waals surface area contributed by atoms with Gasteiger partial charge in [0.05, 0.1) is 5.69 Å². The molecular weight excluding hydrogens is 238 g/mol. The number of hydrogen-bond acceptors (Lipinski definition) is 4. The van der Waals surface area contributed by atoms with Gasteiger partial charge in [-0.25, -0.2) is 0 Å². The Balaban J connectivity index is 0.00000144. The number of halogens is 1. The Labute approximate surface area is 109 Å². The molecule has 0 amide bonds. The van der Waals surface area contributed by atoms with E-state index in [4.69, 9.17) is 10.3 Å². The molecule has 1 aromatic rings. The van der Waals surface area contributed by atoms with E-state index in [2.05, 4.69) is 17.0 Å². The minimum Gasteiger partial charge on any atom is -0.361 e. The summed E-state index contributed by atoms with van der Waals surface area (Å²) in [5.74, 6) is 0.879. The van der Waals surface area contributed by atoms with Crippen molar-refractivity contribution in [3.8, 4) is 0 Å². The quantitative estimate of drug-likeness (QED) is 0.903. The van der Waals surface area contributed by atoms with Crippen molar-refractivity contribution in [3.63, 3.8) is 0 Å². The summed E-state index contributed by atoms with van der Waals surface area (Å²) in [7, 11) is 0. The second-order valence-electron chi connectivity index (χ2n) is 4.82. The van der Waals surface area contributed by atoms with Crippen LogP contribution in [0.15, 0.2) is 10.6 Å². The molecule has 1 aliphatic rings. The van der Waals surface area contributed by atoms with Gasteiger partial charge < -0.3 is 10.3 Å². The van der Waals surface area contributed by atoms with Crippen molar-refractivity contribution in [2.45, 2.75) is 51.7 Å². The molecule has 1 aromatic heterocycles. The van der Waals surface area contributed by atoms with E-state index in [-0.39, 0.29) is 18.4 Å². The van der Waals surface area contributed by atoms with Crippen molar-refractivity contribution in [3.05, 3.63) is 17.5 Å². The van der Waals surface area contributed by atoms with Crippen LogP contribution in [0.2, 0.25) is 0 Å². The highest BCUT2D eigenvalue weighted by Gasteiger charge is 2.25. The first-order chi connectivity index (χ1) is 7.66. The van der Waals surface area contributed by atoms with E-state index >= 15 is 0 Å². The molecule has 0 aliphatic carbocycles. The molecule has 0 spiro atoms. The number of hydrogen-bond donors (Lipinski definition) is 1. The van der Waals surface area contributed by atoms with Gasteiger partial charge in [-0.05, 0) is 33.2 Å². The molecule has 4 nitrogen and oxygen atoms in total. The summed E-state index contributed by atoms with van der Waals surface area (Å²) in [5, 5.41) is 4.05. The van der Waals surface area contributed by atoms with Gasteiger partial charge in [-0.1, -0.05) is 11.6 Å². The first kappa shape index (κ1) is 14.5. The third-order valence-electron chi connectivity index (χ3n) is 3.31. The van der Waals surface area contributed by atoms with Crippen molar-refractivity contribution in [1.29, 1.82) is 0 Å². The lowest BCUT2D eigenvalue weighted by atomic mass is 9.97. The van der Waals surface area contributed by atoms with E-state index in [0.29, 0.717) is 6.04 Å². The van der Waals surface area contributed by atoms with Crippen molar-refractivity contribution in [2.24, 2.45) is 5.73 Å². The Hall–Kier alpha value is -0.580. The third kappa shape index (κ3) is 3.69. The van der Waals surface area contributed by atoms with Crippen molar-refractivity contribution >= 4 is 12.4 Å². The van der Waals surface area contributed by atoms with Crippen LogP contribution in [-0.4, -0.2) is 28.7 Å². The molecule has 0 saturated carbocycles. The second-order valence-corrected chi connectivity index (χ2v) is 4.82. The average molecular weight is 260 g/mol. The fraction of sp³-hybridized carbons (Fsp3) is 0.750. The van der Waals surface area contributed by atoms with Gasteiger partial charge in [0.1, 0.15) is 5.76 Å². The molecule has 5 heteroatoms. The predicted octanol–water partition coefficient (Wildman–Crippen LogP) is 2.11. The smallest absolute Gasteiger partial charge is 0.133 e. The number of nitrogens with zero attached hydrogens (tertiary/aromatic N) is 2. The number of aryl methyl sites for hydroxylation is 1. The molecule has 2 heterocycles. The van der Waals surface area contributed by atoms with Crippen molar-refractivity contribution in [1.82, 2.24) is 10.1 Å². The first-order valence-corrected chi connectivity index (χ1v) is 6.08. The SMILES string of the molecule is Cc1cc(CN2CCCCC2C(C)N)no1.Cl. The summed E-state index contributed by atoms with van der Waals surface area (Å²) >= 11 is 0. The van der Waals surface area contributed by atoms with Gasteiger partial charge in [-0.2, -0.15) is 0 Å². The predicted molar refractivity (Wildman–Crippen MR) is 70.2 cm³/mol. The highest BCUT2D eigenvalue weighted by Crippen LogP contribution is 2.21. The first-order valence-electron chi connectivity index (χ1n) is 6.08. The van der Waals surface area contributed by atoms with Crippen LogP contribution in [0, 0.1) is 6.92 Å². The fourth-order valence-electron chi connectivity index (χ4n) is 2.51. The normalized spacial score (nSPS) is 23.1. The van der Waals surface area contributed by atoms with Crippen LogP contribution in [-0.2, 0) is 6.54 Å². The molecule has 2 rings (SSSR count). The molecule has 0 aromatic carbocycles. The summed E-state index contributed by atoms with van der Waals surface area (Å²) in [6.07, 6.45) is 3.76. The Morgan fingerprint density at radius 1 is 1.59 bits per heavy atom. The highest BCUT2D eigenvalue weighted by atomic mass is 35.5. The number of nitrogens with two attached hydrogens (primary N) is 1. The van der Waals surface area contributed by atoms with E-state index in [1.54, 1.807) is 0 Å². The number of likely N-dealkylation sites (tertiary alicyclic amines) is 1. The lowest BCUT2D eigenvalue weighted by Gasteiger charge is -2.37. The zero-order chi connectivity index (χ0) is 11.5. The molecule has 0 radical (unpaired) electrons. The second kappa shape index (κ2) is 6.38. The highest BCUT2D eigenvalue weighted by molar-refractivity contribution is 5.85. The van der Waals surface area contributed by atoms with Crippen LogP contribution in [0.25, 0.3) is 0 Å². The molecule has 1 saturated heterocycles. The lowest BCUT2D eigenvalue weighted by molar-refractivity contribution is 0.120. The molecule has 2 unspecified atom stereocenters. The van der Waals surface area contributed by atoms with E-state index in [1.807, 2.05) is 13.0 Å². The van der Waals surface area contributed by atoms with Crippen LogP contribution in [0.5, 0.6) is 0 Å². The molecule has 0 bridgehead atoms. The maximum Gasteiger partial charge on any atom is 0.133 e. The van der Waals surface area contributed by atoms with E-state index in [1.165, 1.54) is 19.3 Å². The van der Waals surface area contributed by atoms with Crippen LogP contribution < -0.4 is 5.73 Å². The van der Waals surface area contributed by atoms with Crippen LogP contribution >= 0.6 is 12.4 Å². The summed E-state index contributed by atoms with van der Waals surface area (Å²) < 4.78 is 5.09. The number of aromatic nitrogens is 1. The maximum atomic E-state index is 6.03. The zero-order valence-electron chi connectivity index (χ0n) is 10.6. The molecule has 2 atom stereocenters. The molecular formula is C12H22ClN3O. The summed E-state index contributed by atoms with van der Waals surface area (Å²) in [5.41, 5.74) is 7.05. The van der Waals surface area contributed by atoms with Crippen molar-refractivity contribution in [2.75, 3.05) is 6.54 Å². The standard InChI is InChI=1S/C12H21N3O.ClH/c1-9-7-11(14-16-9)8-15-6-4-3-5-12(15)10(2)13;/h7,10,12H,3-6,8,13H2,1-2H3;1H. The molecule has 1 aliphatic heterocycles. The average Bonchev–Trinajstić information content (AvgIpc) is 2.64. The van der Waals surface area contributed by atoms with E-state index in [0.717, 1.165) is 24.5 Å². The Morgan fingerprint density at radius 3 is 2.94 bits per heavy atom. The summed E-state index contributed by atoms with van der Waals surface area (Å²) in [6.45, 7) is 6.01. The van der Waals surface area contributed by atoms with E-state index < -0.39 is 0 Å². The minimum atomic E-state index is 0. The topological polar surface area (TPSA) is 55.3 Å². The minimum absolute atomic E-state index is 0. The Bertz CT molecular complexity index is 340. The molecule has 17 heavy (non-hydrogen) atoms. The summed E-state index contributed by atoms with van der Waals surface area (Å²) in [4.78, 5) is 2.44. The zero-order valence-corrected chi connectivity index (χ0v) is 11.4. The third-order valence-corrected chi connectivity index (χ3v) is 3.31. The van der Waals surface area contributed by atoms with Gasteiger partial charge in [0.15, 0.2) is 0 Å². The fourth-order valence-corrected chi connectivity index (χ4v) is 2.51. The van der Waals surface area contributed by atoms with Gasteiger partial charge in [-0.3, -0.25) is 4.90 Å². The molecule has 2 N–H and O–H groups in total. The summed E-state index contributed by atoms with van der Waals surface area (Å²) in [6, 6.07) is 2.73. The van der Waals surface area contributed by atoms with Gasteiger partial charge in [-0.15, -0.1) is 12.4 Å². The molecule has 98 valence electrons. The monoisotopic (exact) mass is 259 g/mol.